The highest BCUT2D eigenvalue weighted by Crippen LogP contribution is 2.40. The van der Waals surface area contributed by atoms with Crippen molar-refractivity contribution in [1.82, 2.24) is 0 Å². The first-order chi connectivity index (χ1) is 11.3. The molecule has 2 rings (SSSR count). The molecule has 1 aliphatic carbocycles. The summed E-state index contributed by atoms with van der Waals surface area (Å²) in [7, 11) is 0. The van der Waals surface area contributed by atoms with Crippen LogP contribution in [-0.4, -0.2) is 23.8 Å². The summed E-state index contributed by atoms with van der Waals surface area (Å²) in [5.74, 6) is -1.94. The van der Waals surface area contributed by atoms with Crippen LogP contribution in [0.25, 0.3) is 0 Å². The van der Waals surface area contributed by atoms with Crippen molar-refractivity contribution in [1.29, 1.82) is 0 Å². The normalized spacial score (nSPS) is 21.4. The van der Waals surface area contributed by atoms with Crippen molar-refractivity contribution < 1.29 is 27.8 Å². The number of amides is 1. The molecule has 7 heteroatoms. The van der Waals surface area contributed by atoms with Gasteiger partial charge in [-0.15, -0.1) is 0 Å². The molecule has 0 spiro atoms. The van der Waals surface area contributed by atoms with Crippen LogP contribution in [-0.2, 0) is 11.4 Å². The number of anilines is 1. The van der Waals surface area contributed by atoms with Crippen molar-refractivity contribution in [3.05, 3.63) is 23.8 Å². The van der Waals surface area contributed by atoms with Crippen LogP contribution >= 0.6 is 0 Å². The average Bonchev–Trinajstić information content (AvgIpc) is 2.55. The molecule has 1 aliphatic rings. The molecule has 0 aromatic heterocycles. The van der Waals surface area contributed by atoms with Gasteiger partial charge in [0.15, 0.2) is 0 Å². The van der Waals surface area contributed by atoms with Gasteiger partial charge in [0.25, 0.3) is 0 Å². The van der Waals surface area contributed by atoms with E-state index in [0.29, 0.717) is 36.4 Å². The van der Waals surface area contributed by atoms with Crippen LogP contribution < -0.4 is 10.1 Å². The van der Waals surface area contributed by atoms with Crippen molar-refractivity contribution >= 4 is 11.6 Å². The standard InChI is InChI=1S/C17H22F3NO3/c1-2-24-15-7-6-14(9-12(15)10-22)21-16(23)11-4-3-5-13(8-11)17(18,19)20/h6-7,9,11,13,22H,2-5,8,10H2,1H3,(H,21,23). The number of carbonyl (C=O) groups is 1. The van der Waals surface area contributed by atoms with Crippen molar-refractivity contribution in [3.8, 4) is 5.75 Å². The number of nitrogens with one attached hydrogen (secondary N) is 1. The lowest BCUT2D eigenvalue weighted by atomic mass is 9.80. The molecule has 0 bridgehead atoms. The number of alkyl halides is 3. The summed E-state index contributed by atoms with van der Waals surface area (Å²) in [6.45, 7) is 2.01. The monoisotopic (exact) mass is 345 g/mol. The lowest BCUT2D eigenvalue weighted by Crippen LogP contribution is -2.34. The van der Waals surface area contributed by atoms with Crippen molar-refractivity contribution in [3.63, 3.8) is 0 Å². The molecule has 4 nitrogen and oxygen atoms in total. The minimum Gasteiger partial charge on any atom is -0.494 e. The van der Waals surface area contributed by atoms with E-state index >= 15 is 0 Å². The number of carbonyl (C=O) groups excluding carboxylic acids is 1. The van der Waals surface area contributed by atoms with Gasteiger partial charge in [-0.3, -0.25) is 4.79 Å². The Morgan fingerprint density at radius 3 is 2.75 bits per heavy atom. The number of benzene rings is 1. The number of halogens is 3. The smallest absolute Gasteiger partial charge is 0.391 e. The van der Waals surface area contributed by atoms with E-state index in [1.807, 2.05) is 6.92 Å². The van der Waals surface area contributed by atoms with Crippen LogP contribution in [0.5, 0.6) is 5.75 Å². The molecule has 0 radical (unpaired) electrons. The molecule has 1 fully saturated rings. The molecule has 1 aromatic rings. The van der Waals surface area contributed by atoms with Gasteiger partial charge in [-0.05, 0) is 44.4 Å². The molecule has 134 valence electrons. The average molecular weight is 345 g/mol. The fourth-order valence-corrected chi connectivity index (χ4v) is 3.05. The highest BCUT2D eigenvalue weighted by atomic mass is 19.4. The summed E-state index contributed by atoms with van der Waals surface area (Å²) in [6, 6.07) is 4.82. The first kappa shape index (κ1) is 18.6. The second-order valence-electron chi connectivity index (χ2n) is 6.00. The second-order valence-corrected chi connectivity index (χ2v) is 6.00. The summed E-state index contributed by atoms with van der Waals surface area (Å²) in [5.41, 5.74) is 0.966. The molecular weight excluding hydrogens is 323 g/mol. The highest BCUT2D eigenvalue weighted by Gasteiger charge is 2.43. The number of ether oxygens (including phenoxy) is 1. The van der Waals surface area contributed by atoms with Gasteiger partial charge in [0.2, 0.25) is 5.91 Å². The van der Waals surface area contributed by atoms with Crippen molar-refractivity contribution in [2.45, 2.75) is 45.4 Å². The van der Waals surface area contributed by atoms with E-state index in [1.165, 1.54) is 0 Å². The number of aliphatic hydroxyl groups is 1. The molecule has 0 saturated heterocycles. The van der Waals surface area contributed by atoms with E-state index < -0.39 is 23.9 Å². The largest absolute Gasteiger partial charge is 0.494 e. The van der Waals surface area contributed by atoms with Crippen LogP contribution in [0.3, 0.4) is 0 Å². The van der Waals surface area contributed by atoms with Crippen LogP contribution in [0.2, 0.25) is 0 Å². The topological polar surface area (TPSA) is 58.6 Å². The maximum Gasteiger partial charge on any atom is 0.391 e. The van der Waals surface area contributed by atoms with E-state index in [-0.39, 0.29) is 19.4 Å². The van der Waals surface area contributed by atoms with Gasteiger partial charge in [0.1, 0.15) is 5.75 Å². The van der Waals surface area contributed by atoms with Gasteiger partial charge in [0, 0.05) is 17.2 Å². The maximum atomic E-state index is 12.8. The SMILES string of the molecule is CCOc1ccc(NC(=O)C2CCCC(C(F)(F)F)C2)cc1CO. The number of hydrogen-bond acceptors (Lipinski definition) is 3. The predicted molar refractivity (Wildman–Crippen MR) is 83.7 cm³/mol. The number of rotatable bonds is 5. The highest BCUT2D eigenvalue weighted by molar-refractivity contribution is 5.92. The number of aliphatic hydroxyl groups excluding tert-OH is 1. The third-order valence-corrected chi connectivity index (χ3v) is 4.31. The van der Waals surface area contributed by atoms with Crippen LogP contribution in [0.4, 0.5) is 18.9 Å². The molecule has 2 atom stereocenters. The van der Waals surface area contributed by atoms with Crippen LogP contribution in [0.15, 0.2) is 18.2 Å². The quantitative estimate of drug-likeness (QED) is 0.851. The van der Waals surface area contributed by atoms with Gasteiger partial charge in [-0.1, -0.05) is 6.42 Å². The van der Waals surface area contributed by atoms with Gasteiger partial charge in [-0.25, -0.2) is 0 Å². The Balaban J connectivity index is 2.04. The van der Waals surface area contributed by atoms with E-state index in [4.69, 9.17) is 4.74 Å². The Hall–Kier alpha value is -1.76. The second kappa shape index (κ2) is 7.88. The van der Waals surface area contributed by atoms with Crippen LogP contribution in [0.1, 0.15) is 38.2 Å². The molecule has 1 saturated carbocycles. The van der Waals surface area contributed by atoms with Crippen molar-refractivity contribution in [2.24, 2.45) is 11.8 Å². The zero-order chi connectivity index (χ0) is 17.7. The summed E-state index contributed by atoms with van der Waals surface area (Å²) >= 11 is 0. The molecule has 0 heterocycles. The first-order valence-electron chi connectivity index (χ1n) is 8.09. The van der Waals surface area contributed by atoms with E-state index in [2.05, 4.69) is 5.32 Å². The molecule has 0 aliphatic heterocycles. The molecule has 1 amide bonds. The first-order valence-corrected chi connectivity index (χ1v) is 8.09. The van der Waals surface area contributed by atoms with Gasteiger partial charge in [0.05, 0.1) is 19.1 Å². The summed E-state index contributed by atoms with van der Waals surface area (Å²) < 4.78 is 43.9. The molecule has 24 heavy (non-hydrogen) atoms. The Labute approximate surface area is 139 Å². The number of hydrogen-bond donors (Lipinski definition) is 2. The maximum absolute atomic E-state index is 12.8. The molecule has 2 N–H and O–H groups in total. The minimum atomic E-state index is -4.25. The molecule has 1 aromatic carbocycles. The summed E-state index contributed by atoms with van der Waals surface area (Å²) in [6.07, 6.45) is -3.47. The Morgan fingerprint density at radius 2 is 2.12 bits per heavy atom. The fourth-order valence-electron chi connectivity index (χ4n) is 3.05. The summed E-state index contributed by atoms with van der Waals surface area (Å²) in [5, 5.41) is 12.0. The van der Waals surface area contributed by atoms with Crippen LogP contribution in [0, 0.1) is 11.8 Å². The Morgan fingerprint density at radius 1 is 1.38 bits per heavy atom. The van der Waals surface area contributed by atoms with E-state index in [0.717, 1.165) is 0 Å². The van der Waals surface area contributed by atoms with Gasteiger partial charge < -0.3 is 15.2 Å². The fraction of sp³-hybridized carbons (Fsp3) is 0.588. The lowest BCUT2D eigenvalue weighted by Gasteiger charge is -2.29. The Bertz CT molecular complexity index is 575. The third kappa shape index (κ3) is 4.63. The zero-order valence-electron chi connectivity index (χ0n) is 13.5. The van der Waals surface area contributed by atoms with Gasteiger partial charge >= 0.3 is 6.18 Å². The third-order valence-electron chi connectivity index (χ3n) is 4.31. The van der Waals surface area contributed by atoms with Crippen molar-refractivity contribution in [2.75, 3.05) is 11.9 Å². The molecule has 2 unspecified atom stereocenters. The van der Waals surface area contributed by atoms with E-state index in [9.17, 15) is 23.1 Å². The Kier molecular flexibility index (Phi) is 6.10. The molecular formula is C17H22F3NO3. The van der Waals surface area contributed by atoms with E-state index in [1.54, 1.807) is 18.2 Å². The summed E-state index contributed by atoms with van der Waals surface area (Å²) in [4.78, 5) is 12.3. The van der Waals surface area contributed by atoms with Gasteiger partial charge in [-0.2, -0.15) is 13.2 Å². The predicted octanol–water partition coefficient (Wildman–Crippen LogP) is 3.88. The zero-order valence-corrected chi connectivity index (χ0v) is 13.5. The lowest BCUT2D eigenvalue weighted by molar-refractivity contribution is -0.185. The minimum absolute atomic E-state index is 0.0883.